The van der Waals surface area contributed by atoms with Gasteiger partial charge in [0.1, 0.15) is 5.82 Å². The molecule has 0 saturated carbocycles. The van der Waals surface area contributed by atoms with E-state index in [1.54, 1.807) is 12.4 Å². The first-order valence-electron chi connectivity index (χ1n) is 8.37. The van der Waals surface area contributed by atoms with Gasteiger partial charge in [0, 0.05) is 38.1 Å². The van der Waals surface area contributed by atoms with E-state index in [0.717, 1.165) is 31.9 Å². The number of hydrogen-bond donors (Lipinski definition) is 1. The summed E-state index contributed by atoms with van der Waals surface area (Å²) in [7, 11) is 0. The second-order valence-electron chi connectivity index (χ2n) is 5.94. The third-order valence-electron chi connectivity index (χ3n) is 3.96. The quantitative estimate of drug-likeness (QED) is 0.813. The Balaban J connectivity index is 1.49. The van der Waals surface area contributed by atoms with Crippen molar-refractivity contribution in [2.24, 2.45) is 0 Å². The minimum atomic E-state index is -0.0207. The molecule has 1 amide bonds. The van der Waals surface area contributed by atoms with E-state index in [-0.39, 0.29) is 12.0 Å². The number of nitrogens with zero attached hydrogens (tertiary/aromatic N) is 5. The smallest absolute Gasteiger partial charge is 0.239 e. The van der Waals surface area contributed by atoms with Crippen LogP contribution < -0.4 is 5.32 Å². The lowest BCUT2D eigenvalue weighted by Gasteiger charge is -2.32. The van der Waals surface area contributed by atoms with E-state index in [9.17, 15) is 4.79 Å². The molecule has 0 radical (unpaired) electrons. The van der Waals surface area contributed by atoms with Crippen LogP contribution in [0.5, 0.6) is 0 Å². The highest BCUT2D eigenvalue weighted by Crippen LogP contribution is 2.10. The molecule has 130 valence electrons. The SMILES string of the molecule is CCCn1nccc1NC(=O)CN1CCO[C@@H](Cn2cccn2)C1. The summed E-state index contributed by atoms with van der Waals surface area (Å²) in [6, 6.07) is 3.72. The summed E-state index contributed by atoms with van der Waals surface area (Å²) in [5, 5.41) is 11.4. The lowest BCUT2D eigenvalue weighted by Crippen LogP contribution is -2.47. The number of carbonyl (C=O) groups excluding carboxylic acids is 1. The van der Waals surface area contributed by atoms with Gasteiger partial charge in [-0.05, 0) is 12.5 Å². The number of ether oxygens (including phenoxy) is 1. The van der Waals surface area contributed by atoms with Crippen LogP contribution >= 0.6 is 0 Å². The van der Waals surface area contributed by atoms with Crippen LogP contribution in [0.3, 0.4) is 0 Å². The lowest BCUT2D eigenvalue weighted by atomic mass is 10.2. The van der Waals surface area contributed by atoms with Crippen LogP contribution in [0.2, 0.25) is 0 Å². The minimum absolute atomic E-state index is 0.0207. The van der Waals surface area contributed by atoms with Crippen LogP contribution in [0.15, 0.2) is 30.7 Å². The Bertz CT molecular complexity index is 639. The summed E-state index contributed by atoms with van der Waals surface area (Å²) in [6.07, 6.45) is 6.41. The Labute approximate surface area is 141 Å². The van der Waals surface area contributed by atoms with E-state index in [4.69, 9.17) is 4.74 Å². The molecule has 3 rings (SSSR count). The van der Waals surface area contributed by atoms with Crippen LogP contribution in [0.25, 0.3) is 0 Å². The topological polar surface area (TPSA) is 77.2 Å². The Morgan fingerprint density at radius 3 is 3.12 bits per heavy atom. The normalized spacial score (nSPS) is 18.6. The number of aryl methyl sites for hydroxylation is 1. The number of nitrogens with one attached hydrogen (secondary N) is 1. The van der Waals surface area contributed by atoms with Gasteiger partial charge in [0.15, 0.2) is 0 Å². The minimum Gasteiger partial charge on any atom is -0.374 e. The highest BCUT2D eigenvalue weighted by Gasteiger charge is 2.23. The molecule has 2 aromatic heterocycles. The van der Waals surface area contributed by atoms with Gasteiger partial charge in [0.25, 0.3) is 0 Å². The lowest BCUT2D eigenvalue weighted by molar-refractivity contribution is -0.119. The Morgan fingerprint density at radius 1 is 1.42 bits per heavy atom. The average Bonchev–Trinajstić information content (AvgIpc) is 3.21. The van der Waals surface area contributed by atoms with E-state index in [1.165, 1.54) is 0 Å². The van der Waals surface area contributed by atoms with Crippen molar-refractivity contribution in [3.63, 3.8) is 0 Å². The fourth-order valence-electron chi connectivity index (χ4n) is 2.87. The number of hydrogen-bond acceptors (Lipinski definition) is 5. The molecule has 1 atom stereocenters. The zero-order chi connectivity index (χ0) is 16.8. The Kier molecular flexibility index (Phi) is 5.60. The molecule has 1 aliphatic rings. The summed E-state index contributed by atoms with van der Waals surface area (Å²) in [5.74, 6) is 0.732. The molecule has 8 heteroatoms. The van der Waals surface area contributed by atoms with Crippen LogP contribution in [-0.2, 0) is 22.6 Å². The van der Waals surface area contributed by atoms with Gasteiger partial charge in [0.05, 0.1) is 32.0 Å². The van der Waals surface area contributed by atoms with E-state index in [0.29, 0.717) is 19.7 Å². The molecule has 24 heavy (non-hydrogen) atoms. The molecule has 0 aromatic carbocycles. The molecule has 1 N–H and O–H groups in total. The highest BCUT2D eigenvalue weighted by atomic mass is 16.5. The number of carbonyl (C=O) groups is 1. The van der Waals surface area contributed by atoms with Crippen LogP contribution in [0, 0.1) is 0 Å². The number of morpholine rings is 1. The monoisotopic (exact) mass is 332 g/mol. The predicted molar refractivity (Wildman–Crippen MR) is 89.6 cm³/mol. The zero-order valence-corrected chi connectivity index (χ0v) is 14.0. The van der Waals surface area contributed by atoms with Gasteiger partial charge in [-0.15, -0.1) is 0 Å². The zero-order valence-electron chi connectivity index (χ0n) is 14.0. The van der Waals surface area contributed by atoms with Crippen LogP contribution in [-0.4, -0.2) is 62.7 Å². The number of rotatable bonds is 7. The maximum Gasteiger partial charge on any atom is 0.239 e. The van der Waals surface area contributed by atoms with Gasteiger partial charge in [-0.1, -0.05) is 6.92 Å². The summed E-state index contributed by atoms with van der Waals surface area (Å²) >= 11 is 0. The Hall–Kier alpha value is -2.19. The number of amides is 1. The fraction of sp³-hybridized carbons (Fsp3) is 0.562. The van der Waals surface area contributed by atoms with Crippen molar-refractivity contribution in [3.8, 4) is 0 Å². The molecule has 1 fully saturated rings. The largest absolute Gasteiger partial charge is 0.374 e. The van der Waals surface area contributed by atoms with Gasteiger partial charge >= 0.3 is 0 Å². The maximum atomic E-state index is 12.3. The first-order chi connectivity index (χ1) is 11.7. The predicted octanol–water partition coefficient (Wildman–Crippen LogP) is 0.829. The molecule has 1 aliphatic heterocycles. The van der Waals surface area contributed by atoms with E-state index >= 15 is 0 Å². The third kappa shape index (κ3) is 4.42. The van der Waals surface area contributed by atoms with Crippen molar-refractivity contribution in [2.75, 3.05) is 31.6 Å². The fourth-order valence-corrected chi connectivity index (χ4v) is 2.87. The van der Waals surface area contributed by atoms with Gasteiger partial charge in [-0.2, -0.15) is 10.2 Å². The van der Waals surface area contributed by atoms with Gasteiger partial charge in [0.2, 0.25) is 5.91 Å². The summed E-state index contributed by atoms with van der Waals surface area (Å²) in [4.78, 5) is 14.4. The summed E-state index contributed by atoms with van der Waals surface area (Å²) in [6.45, 7) is 6.06. The molecular formula is C16H24N6O2. The van der Waals surface area contributed by atoms with Crippen molar-refractivity contribution in [1.82, 2.24) is 24.5 Å². The van der Waals surface area contributed by atoms with Crippen molar-refractivity contribution < 1.29 is 9.53 Å². The van der Waals surface area contributed by atoms with Crippen molar-refractivity contribution in [3.05, 3.63) is 30.7 Å². The molecule has 1 saturated heterocycles. The van der Waals surface area contributed by atoms with E-state index in [2.05, 4.69) is 27.3 Å². The van der Waals surface area contributed by atoms with Crippen LogP contribution in [0.1, 0.15) is 13.3 Å². The average molecular weight is 332 g/mol. The standard InChI is InChI=1S/C16H24N6O2/c1-2-7-22-15(4-6-18-22)19-16(23)13-20-9-10-24-14(11-20)12-21-8-3-5-17-21/h3-6,8,14H,2,7,9-13H2,1H3,(H,19,23)/t14-/m1/s1. The van der Waals surface area contributed by atoms with Gasteiger partial charge in [-0.25, -0.2) is 4.68 Å². The second-order valence-corrected chi connectivity index (χ2v) is 5.94. The van der Waals surface area contributed by atoms with Crippen molar-refractivity contribution >= 4 is 11.7 Å². The molecule has 0 aliphatic carbocycles. The number of anilines is 1. The van der Waals surface area contributed by atoms with Gasteiger partial charge < -0.3 is 10.1 Å². The number of aromatic nitrogens is 4. The summed E-state index contributed by atoms with van der Waals surface area (Å²) in [5.41, 5.74) is 0. The van der Waals surface area contributed by atoms with Crippen molar-refractivity contribution in [2.45, 2.75) is 32.5 Å². The molecular weight excluding hydrogens is 308 g/mol. The molecule has 2 aromatic rings. The summed E-state index contributed by atoms with van der Waals surface area (Å²) < 4.78 is 9.45. The second kappa shape index (κ2) is 8.07. The van der Waals surface area contributed by atoms with Crippen LogP contribution in [0.4, 0.5) is 5.82 Å². The molecule has 0 spiro atoms. The highest BCUT2D eigenvalue weighted by molar-refractivity contribution is 5.91. The molecule has 3 heterocycles. The Morgan fingerprint density at radius 2 is 2.33 bits per heavy atom. The maximum absolute atomic E-state index is 12.3. The van der Waals surface area contributed by atoms with E-state index < -0.39 is 0 Å². The first kappa shape index (κ1) is 16.7. The third-order valence-corrected chi connectivity index (χ3v) is 3.96. The molecule has 8 nitrogen and oxygen atoms in total. The molecule has 0 unspecified atom stereocenters. The first-order valence-corrected chi connectivity index (χ1v) is 8.37. The van der Waals surface area contributed by atoms with Crippen molar-refractivity contribution in [1.29, 1.82) is 0 Å². The molecule has 0 bridgehead atoms. The van der Waals surface area contributed by atoms with E-state index in [1.807, 2.05) is 27.7 Å². The van der Waals surface area contributed by atoms with Gasteiger partial charge in [-0.3, -0.25) is 14.4 Å².